The molecule has 6 heteroatoms. The van der Waals surface area contributed by atoms with E-state index >= 15 is 0 Å². The summed E-state index contributed by atoms with van der Waals surface area (Å²) in [5.41, 5.74) is 0. The Balaban J connectivity index is 4.12. The average molecular weight is 276 g/mol. The van der Waals surface area contributed by atoms with Crippen molar-refractivity contribution < 1.29 is 22.8 Å². The van der Waals surface area contributed by atoms with E-state index in [1.807, 2.05) is 0 Å². The second-order valence-corrected chi connectivity index (χ2v) is 6.75. The molecule has 0 aliphatic heterocycles. The molecule has 0 aliphatic carbocycles. The molecule has 0 aromatic rings. The van der Waals surface area contributed by atoms with Gasteiger partial charge in [-0.2, -0.15) is 0 Å². The smallest absolute Gasteiger partial charge is 0.436 e. The maximum atomic E-state index is 11.1. The van der Waals surface area contributed by atoms with Crippen molar-refractivity contribution in [1.82, 2.24) is 0 Å². The molecule has 0 spiro atoms. The van der Waals surface area contributed by atoms with Crippen molar-refractivity contribution in [2.24, 2.45) is 0 Å². The van der Waals surface area contributed by atoms with Gasteiger partial charge in [0, 0.05) is 26.3 Å². The number of rotatable bonds is 10. The van der Waals surface area contributed by atoms with Crippen LogP contribution in [0.1, 0.15) is 33.1 Å². The Morgan fingerprint density at radius 2 is 1.89 bits per heavy atom. The summed E-state index contributed by atoms with van der Waals surface area (Å²) in [7, 11) is 0.458. The normalized spacial score (nSPS) is 12.0. The van der Waals surface area contributed by atoms with Gasteiger partial charge in [0.1, 0.15) is 0 Å². The molecule has 0 bridgehead atoms. The molecule has 0 saturated carbocycles. The van der Waals surface area contributed by atoms with Gasteiger partial charge in [0.05, 0.1) is 0 Å². The molecule has 0 unspecified atom stereocenters. The van der Waals surface area contributed by atoms with Gasteiger partial charge in [-0.05, 0) is 13.3 Å². The van der Waals surface area contributed by atoms with Crippen LogP contribution in [-0.4, -0.2) is 35.8 Å². The van der Waals surface area contributed by atoms with Crippen molar-refractivity contribution in [3.8, 4) is 0 Å². The Morgan fingerprint density at radius 1 is 1.22 bits per heavy atom. The van der Waals surface area contributed by atoms with E-state index in [2.05, 4.69) is 6.92 Å². The van der Waals surface area contributed by atoms with Gasteiger partial charge in [-0.15, -0.1) is 0 Å². The zero-order valence-corrected chi connectivity index (χ0v) is 12.7. The summed E-state index contributed by atoms with van der Waals surface area (Å²) in [5, 5.41) is 0. The molecule has 0 heterocycles. The molecule has 0 fully saturated rings. The first-order valence-corrected chi connectivity index (χ1v) is 8.11. The number of allylic oxidation sites excluding steroid dienone is 1. The third-order valence-corrected chi connectivity index (χ3v) is 5.26. The molecule has 5 nitrogen and oxygen atoms in total. The number of hydrogen-bond donors (Lipinski definition) is 0. The van der Waals surface area contributed by atoms with E-state index in [1.54, 1.807) is 27.2 Å². The van der Waals surface area contributed by atoms with Crippen LogP contribution in [0.4, 0.5) is 0 Å². The summed E-state index contributed by atoms with van der Waals surface area (Å²) in [4.78, 5) is 11.1. The Kier molecular flexibility index (Phi) is 9.86. The fraction of sp³-hybridized carbons (Fsp3) is 0.750. The van der Waals surface area contributed by atoms with Crippen LogP contribution in [-0.2, 0) is 22.8 Å². The van der Waals surface area contributed by atoms with Crippen molar-refractivity contribution in [2.75, 3.05) is 21.0 Å². The standard InChI is InChI=1S/C12H24O5Si/c1-5-7-8-10-18(14-3,15-4)17-11-16-12(13)9-6-2/h6,9H,5,7-8,10-11H2,1-4H3. The highest BCUT2D eigenvalue weighted by Crippen LogP contribution is 2.18. The van der Waals surface area contributed by atoms with Gasteiger partial charge in [-0.3, -0.25) is 0 Å². The molecule has 0 amide bonds. The molecule has 0 saturated heterocycles. The highest BCUT2D eigenvalue weighted by molar-refractivity contribution is 6.60. The third-order valence-electron chi connectivity index (χ3n) is 2.49. The van der Waals surface area contributed by atoms with Gasteiger partial charge in [0.15, 0.2) is 6.79 Å². The third kappa shape index (κ3) is 6.90. The van der Waals surface area contributed by atoms with Crippen LogP contribution in [0.15, 0.2) is 12.2 Å². The Labute approximate surface area is 110 Å². The van der Waals surface area contributed by atoms with E-state index in [1.165, 1.54) is 6.08 Å². The highest BCUT2D eigenvalue weighted by atomic mass is 28.4. The van der Waals surface area contributed by atoms with Crippen LogP contribution in [0.3, 0.4) is 0 Å². The van der Waals surface area contributed by atoms with Crippen molar-refractivity contribution in [1.29, 1.82) is 0 Å². The number of hydrogen-bond acceptors (Lipinski definition) is 5. The molecule has 0 radical (unpaired) electrons. The second kappa shape index (κ2) is 10.2. The van der Waals surface area contributed by atoms with E-state index in [9.17, 15) is 4.79 Å². The van der Waals surface area contributed by atoms with E-state index in [0.717, 1.165) is 25.3 Å². The zero-order valence-electron chi connectivity index (χ0n) is 11.7. The fourth-order valence-electron chi connectivity index (χ4n) is 1.43. The van der Waals surface area contributed by atoms with Gasteiger partial charge < -0.3 is 18.0 Å². The van der Waals surface area contributed by atoms with E-state index in [4.69, 9.17) is 18.0 Å². The Hall–Kier alpha value is -0.693. The lowest BCUT2D eigenvalue weighted by molar-refractivity contribution is -0.146. The minimum Gasteiger partial charge on any atom is -0.436 e. The molecule has 0 aromatic carbocycles. The first-order valence-electron chi connectivity index (χ1n) is 6.17. The first kappa shape index (κ1) is 17.3. The van der Waals surface area contributed by atoms with Crippen LogP contribution < -0.4 is 0 Å². The van der Waals surface area contributed by atoms with Crippen LogP contribution in [0.5, 0.6) is 0 Å². The summed E-state index contributed by atoms with van der Waals surface area (Å²) in [6.07, 6.45) is 6.15. The zero-order chi connectivity index (χ0) is 13.9. The molecule has 106 valence electrons. The van der Waals surface area contributed by atoms with Crippen LogP contribution in [0, 0.1) is 0 Å². The van der Waals surface area contributed by atoms with Crippen molar-refractivity contribution in [3.63, 3.8) is 0 Å². The summed E-state index contributed by atoms with van der Waals surface area (Å²) in [6.45, 7) is 3.74. The fourth-order valence-corrected chi connectivity index (χ4v) is 3.31. The number of carbonyl (C=O) groups excluding carboxylic acids is 1. The van der Waals surface area contributed by atoms with Gasteiger partial charge in [0.2, 0.25) is 0 Å². The lowest BCUT2D eigenvalue weighted by Crippen LogP contribution is -2.44. The van der Waals surface area contributed by atoms with Gasteiger partial charge >= 0.3 is 14.8 Å². The largest absolute Gasteiger partial charge is 0.502 e. The number of ether oxygens (including phenoxy) is 1. The lowest BCUT2D eigenvalue weighted by atomic mass is 10.3. The minimum atomic E-state index is -2.67. The number of esters is 1. The molecule has 0 N–H and O–H groups in total. The minimum absolute atomic E-state index is 0.136. The molecule has 18 heavy (non-hydrogen) atoms. The average Bonchev–Trinajstić information content (AvgIpc) is 2.37. The Morgan fingerprint density at radius 3 is 2.39 bits per heavy atom. The van der Waals surface area contributed by atoms with Gasteiger partial charge in [-0.25, -0.2) is 4.79 Å². The molecule has 0 aromatic heterocycles. The molecule has 0 rings (SSSR count). The summed E-state index contributed by atoms with van der Waals surface area (Å²) < 4.78 is 21.1. The summed E-state index contributed by atoms with van der Waals surface area (Å²) in [5.74, 6) is -0.429. The second-order valence-electron chi connectivity index (χ2n) is 3.77. The van der Waals surface area contributed by atoms with E-state index in [-0.39, 0.29) is 6.79 Å². The predicted octanol–water partition coefficient (Wildman–Crippen LogP) is 2.50. The monoisotopic (exact) mass is 276 g/mol. The van der Waals surface area contributed by atoms with Crippen molar-refractivity contribution in [2.45, 2.75) is 39.2 Å². The van der Waals surface area contributed by atoms with Gasteiger partial charge in [-0.1, -0.05) is 25.8 Å². The molecular weight excluding hydrogens is 252 g/mol. The van der Waals surface area contributed by atoms with Crippen molar-refractivity contribution >= 4 is 14.8 Å². The lowest BCUT2D eigenvalue weighted by Gasteiger charge is -2.25. The maximum absolute atomic E-state index is 11.1. The van der Waals surface area contributed by atoms with Crippen LogP contribution in [0.2, 0.25) is 6.04 Å². The topological polar surface area (TPSA) is 54.0 Å². The molecular formula is C12H24O5Si. The quantitative estimate of drug-likeness (QED) is 0.202. The predicted molar refractivity (Wildman–Crippen MR) is 71.0 cm³/mol. The van der Waals surface area contributed by atoms with E-state index < -0.39 is 14.8 Å². The highest BCUT2D eigenvalue weighted by Gasteiger charge is 2.38. The SMILES string of the molecule is CC=CC(=O)OCO[Si](CCCCC)(OC)OC. The summed E-state index contributed by atoms with van der Waals surface area (Å²) >= 11 is 0. The summed E-state index contributed by atoms with van der Waals surface area (Å²) in [6, 6.07) is 0.731. The molecule has 0 atom stereocenters. The first-order chi connectivity index (χ1) is 8.64. The number of unbranched alkanes of at least 4 members (excludes halogenated alkanes) is 2. The van der Waals surface area contributed by atoms with Crippen LogP contribution >= 0.6 is 0 Å². The number of carbonyl (C=O) groups is 1. The van der Waals surface area contributed by atoms with Crippen LogP contribution in [0.25, 0.3) is 0 Å². The van der Waals surface area contributed by atoms with Gasteiger partial charge in [0.25, 0.3) is 0 Å². The van der Waals surface area contributed by atoms with E-state index in [0.29, 0.717) is 0 Å². The Bertz CT molecular complexity index is 251. The maximum Gasteiger partial charge on any atom is 0.502 e. The molecule has 0 aliphatic rings. The van der Waals surface area contributed by atoms with Crippen molar-refractivity contribution in [3.05, 3.63) is 12.2 Å².